The van der Waals surface area contributed by atoms with Crippen molar-refractivity contribution in [3.63, 3.8) is 0 Å². The van der Waals surface area contributed by atoms with E-state index >= 15 is 0 Å². The van der Waals surface area contributed by atoms with Gasteiger partial charge in [0.1, 0.15) is 5.75 Å². The fourth-order valence-electron chi connectivity index (χ4n) is 4.12. The lowest BCUT2D eigenvalue weighted by Gasteiger charge is -2.24. The first kappa shape index (κ1) is 22.0. The minimum absolute atomic E-state index is 0.125. The van der Waals surface area contributed by atoms with E-state index in [0.717, 1.165) is 5.56 Å². The van der Waals surface area contributed by atoms with Crippen LogP contribution >= 0.6 is 11.3 Å². The number of esters is 1. The van der Waals surface area contributed by atoms with Crippen molar-refractivity contribution in [3.8, 4) is 17.2 Å². The number of ether oxygens (including phenoxy) is 4. The van der Waals surface area contributed by atoms with Crippen LogP contribution in [0.2, 0.25) is 0 Å². The third kappa shape index (κ3) is 3.67. The molecule has 0 spiro atoms. The maximum atomic E-state index is 13.7. The number of methoxy groups -OCH3 is 1. The summed E-state index contributed by atoms with van der Waals surface area (Å²) in [5.74, 6) is 1.33. The first-order valence-corrected chi connectivity index (χ1v) is 11.6. The molecular weight excluding hydrogens is 456 g/mol. The van der Waals surface area contributed by atoms with E-state index in [2.05, 4.69) is 4.99 Å². The zero-order valence-corrected chi connectivity index (χ0v) is 19.7. The second-order valence-corrected chi connectivity index (χ2v) is 8.67. The van der Waals surface area contributed by atoms with Crippen LogP contribution in [0.15, 0.2) is 63.5 Å². The Kier molecular flexibility index (Phi) is 5.70. The van der Waals surface area contributed by atoms with Crippen LogP contribution in [0.1, 0.15) is 31.0 Å². The summed E-state index contributed by atoms with van der Waals surface area (Å²) in [5.41, 5.74) is 2.04. The molecule has 34 heavy (non-hydrogen) atoms. The molecule has 2 aliphatic rings. The molecule has 9 heteroatoms. The smallest absolute Gasteiger partial charge is 0.338 e. The highest BCUT2D eigenvalue weighted by atomic mass is 32.1. The Hall–Kier alpha value is -3.85. The van der Waals surface area contributed by atoms with Gasteiger partial charge in [-0.05, 0) is 43.7 Å². The summed E-state index contributed by atoms with van der Waals surface area (Å²) in [6.45, 7) is 3.83. The van der Waals surface area contributed by atoms with Crippen LogP contribution in [0.3, 0.4) is 0 Å². The zero-order valence-electron chi connectivity index (χ0n) is 18.9. The SMILES string of the molecule is CCOC(=O)C1=C(C)N=c2s/c(=C\c3ccccc3OC)c(=O)n2[C@@H]1c1ccc2c(c1)OCO2. The fraction of sp³-hybridized carbons (Fsp3) is 0.240. The van der Waals surface area contributed by atoms with E-state index in [4.69, 9.17) is 18.9 Å². The van der Waals surface area contributed by atoms with E-state index in [1.54, 1.807) is 43.7 Å². The molecule has 174 valence electrons. The Morgan fingerprint density at radius 2 is 2.03 bits per heavy atom. The van der Waals surface area contributed by atoms with Crippen molar-refractivity contribution in [1.82, 2.24) is 4.57 Å². The monoisotopic (exact) mass is 478 g/mol. The predicted molar refractivity (Wildman–Crippen MR) is 126 cm³/mol. The number of allylic oxidation sites excluding steroid dienone is 1. The molecule has 2 aliphatic heterocycles. The average Bonchev–Trinajstić information content (AvgIpc) is 3.42. The first-order chi connectivity index (χ1) is 16.5. The number of nitrogens with zero attached hydrogens (tertiary/aromatic N) is 2. The second kappa shape index (κ2) is 8.83. The zero-order chi connectivity index (χ0) is 23.8. The van der Waals surface area contributed by atoms with Crippen LogP contribution in [-0.2, 0) is 9.53 Å². The Morgan fingerprint density at radius 3 is 2.82 bits per heavy atom. The van der Waals surface area contributed by atoms with Gasteiger partial charge in [0.15, 0.2) is 16.3 Å². The minimum Gasteiger partial charge on any atom is -0.496 e. The number of thiazole rings is 1. The van der Waals surface area contributed by atoms with Gasteiger partial charge in [-0.15, -0.1) is 0 Å². The molecule has 0 unspecified atom stereocenters. The molecular formula is C25H22N2O6S. The van der Waals surface area contributed by atoms with Crippen LogP contribution in [0.5, 0.6) is 17.2 Å². The largest absolute Gasteiger partial charge is 0.496 e. The summed E-state index contributed by atoms with van der Waals surface area (Å²) in [5, 5.41) is 0. The number of aromatic nitrogens is 1. The number of benzene rings is 2. The Labute approximate surface area is 199 Å². The van der Waals surface area contributed by atoms with Gasteiger partial charge in [-0.1, -0.05) is 35.6 Å². The van der Waals surface area contributed by atoms with Crippen molar-refractivity contribution in [2.75, 3.05) is 20.5 Å². The van der Waals surface area contributed by atoms with Gasteiger partial charge >= 0.3 is 5.97 Å². The van der Waals surface area contributed by atoms with Crippen LogP contribution in [0.25, 0.3) is 6.08 Å². The lowest BCUT2D eigenvalue weighted by atomic mass is 9.95. The van der Waals surface area contributed by atoms with E-state index in [-0.39, 0.29) is 19.0 Å². The number of para-hydroxylation sites is 1. The Bertz CT molecular complexity index is 1500. The Balaban J connectivity index is 1.73. The highest BCUT2D eigenvalue weighted by Gasteiger charge is 2.34. The number of fused-ring (bicyclic) bond motifs is 2. The van der Waals surface area contributed by atoms with E-state index in [9.17, 15) is 9.59 Å². The van der Waals surface area contributed by atoms with E-state index < -0.39 is 12.0 Å². The van der Waals surface area contributed by atoms with Crippen molar-refractivity contribution >= 4 is 23.4 Å². The van der Waals surface area contributed by atoms with Crippen molar-refractivity contribution < 1.29 is 23.7 Å². The van der Waals surface area contributed by atoms with Crippen molar-refractivity contribution in [1.29, 1.82) is 0 Å². The topological polar surface area (TPSA) is 88.4 Å². The number of rotatable bonds is 5. The van der Waals surface area contributed by atoms with Crippen LogP contribution in [0, 0.1) is 0 Å². The standard InChI is InChI=1S/C25H22N2O6S/c1-4-31-24(29)21-14(2)26-25-27(22(21)16-9-10-18-19(11-16)33-13-32-18)23(28)20(34-25)12-15-7-5-6-8-17(15)30-3/h5-12,22H,4,13H2,1-3H3/b20-12-/t22-/m1/s1. The van der Waals surface area contributed by atoms with Crippen LogP contribution < -0.4 is 29.1 Å². The highest BCUT2D eigenvalue weighted by molar-refractivity contribution is 7.07. The molecule has 0 aliphatic carbocycles. The summed E-state index contributed by atoms with van der Waals surface area (Å²) in [7, 11) is 1.59. The molecule has 2 aromatic carbocycles. The summed E-state index contributed by atoms with van der Waals surface area (Å²) in [6.07, 6.45) is 1.78. The molecule has 0 N–H and O–H groups in total. The Morgan fingerprint density at radius 1 is 1.24 bits per heavy atom. The molecule has 5 rings (SSSR count). The second-order valence-electron chi connectivity index (χ2n) is 7.66. The molecule has 1 atom stereocenters. The van der Waals surface area contributed by atoms with Gasteiger partial charge in [-0.2, -0.15) is 0 Å². The molecule has 8 nitrogen and oxygen atoms in total. The molecule has 0 amide bonds. The molecule has 1 aromatic heterocycles. The number of carbonyl (C=O) groups excluding carboxylic acids is 1. The molecule has 0 saturated carbocycles. The lowest BCUT2D eigenvalue weighted by molar-refractivity contribution is -0.139. The van der Waals surface area contributed by atoms with Crippen LogP contribution in [0.4, 0.5) is 0 Å². The lowest BCUT2D eigenvalue weighted by Crippen LogP contribution is -2.39. The van der Waals surface area contributed by atoms with Gasteiger partial charge < -0.3 is 18.9 Å². The highest BCUT2D eigenvalue weighted by Crippen LogP contribution is 2.38. The van der Waals surface area contributed by atoms with Gasteiger partial charge in [0, 0.05) is 5.56 Å². The third-order valence-electron chi connectivity index (χ3n) is 5.65. The van der Waals surface area contributed by atoms with Crippen molar-refractivity contribution in [2.45, 2.75) is 19.9 Å². The molecule has 3 heterocycles. The first-order valence-electron chi connectivity index (χ1n) is 10.7. The summed E-state index contributed by atoms with van der Waals surface area (Å²) < 4.78 is 23.8. The minimum atomic E-state index is -0.718. The van der Waals surface area contributed by atoms with Crippen LogP contribution in [-0.4, -0.2) is 31.0 Å². The summed E-state index contributed by atoms with van der Waals surface area (Å²) in [4.78, 5) is 31.8. The maximum absolute atomic E-state index is 13.7. The number of hydrogen-bond acceptors (Lipinski definition) is 8. The van der Waals surface area contributed by atoms with Gasteiger partial charge in [0.25, 0.3) is 5.56 Å². The van der Waals surface area contributed by atoms with Gasteiger partial charge in [0.2, 0.25) is 6.79 Å². The number of carbonyl (C=O) groups is 1. The molecule has 0 radical (unpaired) electrons. The fourth-order valence-corrected chi connectivity index (χ4v) is 5.15. The van der Waals surface area contributed by atoms with Gasteiger partial charge in [-0.25, -0.2) is 9.79 Å². The van der Waals surface area contributed by atoms with Crippen molar-refractivity contribution in [2.24, 2.45) is 4.99 Å². The molecule has 0 bridgehead atoms. The normalized spacial score (nSPS) is 16.8. The molecule has 3 aromatic rings. The average molecular weight is 479 g/mol. The van der Waals surface area contributed by atoms with E-state index in [0.29, 0.717) is 43.4 Å². The molecule has 0 fully saturated rings. The summed E-state index contributed by atoms with van der Waals surface area (Å²) >= 11 is 1.26. The molecule has 0 saturated heterocycles. The van der Waals surface area contributed by atoms with Gasteiger partial charge in [-0.3, -0.25) is 9.36 Å². The third-order valence-corrected chi connectivity index (χ3v) is 6.64. The van der Waals surface area contributed by atoms with Crippen molar-refractivity contribution in [3.05, 3.63) is 84.5 Å². The van der Waals surface area contributed by atoms with E-state index in [1.165, 1.54) is 11.3 Å². The summed E-state index contributed by atoms with van der Waals surface area (Å²) in [6, 6.07) is 12.1. The van der Waals surface area contributed by atoms with E-state index in [1.807, 2.05) is 30.3 Å². The number of hydrogen-bond donors (Lipinski definition) is 0. The predicted octanol–water partition coefficient (Wildman–Crippen LogP) is 2.54. The quantitative estimate of drug-likeness (QED) is 0.524. The van der Waals surface area contributed by atoms with Gasteiger partial charge in [0.05, 0.1) is 35.6 Å². The maximum Gasteiger partial charge on any atom is 0.338 e.